The highest BCUT2D eigenvalue weighted by molar-refractivity contribution is 6.30. The summed E-state index contributed by atoms with van der Waals surface area (Å²) in [5, 5.41) is 11.2. The molecule has 1 aliphatic carbocycles. The van der Waals surface area contributed by atoms with Crippen molar-refractivity contribution in [2.45, 2.75) is 38.7 Å². The SMILES string of the molecule is COc1cc(Cl)ccc1C(O)C1CCCC(C)C1. The number of methoxy groups -OCH3 is 1. The van der Waals surface area contributed by atoms with Gasteiger partial charge in [0.15, 0.2) is 0 Å². The highest BCUT2D eigenvalue weighted by Crippen LogP contribution is 2.40. The molecule has 0 bridgehead atoms. The third-order valence-corrected chi connectivity index (χ3v) is 4.17. The number of aliphatic hydroxyl groups is 1. The maximum absolute atomic E-state index is 10.5. The van der Waals surface area contributed by atoms with E-state index < -0.39 is 6.10 Å². The van der Waals surface area contributed by atoms with Gasteiger partial charge in [-0.2, -0.15) is 0 Å². The van der Waals surface area contributed by atoms with Crippen molar-refractivity contribution in [3.8, 4) is 5.75 Å². The predicted molar refractivity (Wildman–Crippen MR) is 74.1 cm³/mol. The second-order valence-electron chi connectivity index (χ2n) is 5.36. The maximum atomic E-state index is 10.5. The van der Waals surface area contributed by atoms with Gasteiger partial charge in [-0.05, 0) is 36.8 Å². The molecular weight excluding hydrogens is 248 g/mol. The summed E-state index contributed by atoms with van der Waals surface area (Å²) in [6.45, 7) is 2.26. The number of halogens is 1. The summed E-state index contributed by atoms with van der Waals surface area (Å²) in [7, 11) is 1.62. The molecule has 1 aromatic rings. The summed E-state index contributed by atoms with van der Waals surface area (Å²) in [6.07, 6.45) is 4.23. The average Bonchev–Trinajstić information content (AvgIpc) is 2.37. The highest BCUT2D eigenvalue weighted by atomic mass is 35.5. The van der Waals surface area contributed by atoms with Gasteiger partial charge in [0, 0.05) is 10.6 Å². The fourth-order valence-corrected chi connectivity index (χ4v) is 3.11. The van der Waals surface area contributed by atoms with Crippen molar-refractivity contribution < 1.29 is 9.84 Å². The van der Waals surface area contributed by atoms with E-state index in [1.54, 1.807) is 13.2 Å². The van der Waals surface area contributed by atoms with Crippen LogP contribution in [-0.4, -0.2) is 12.2 Å². The van der Waals surface area contributed by atoms with Gasteiger partial charge in [0.05, 0.1) is 13.2 Å². The van der Waals surface area contributed by atoms with Crippen molar-refractivity contribution in [2.24, 2.45) is 11.8 Å². The Morgan fingerprint density at radius 2 is 2.17 bits per heavy atom. The second-order valence-corrected chi connectivity index (χ2v) is 5.80. The molecule has 0 spiro atoms. The summed E-state index contributed by atoms with van der Waals surface area (Å²) in [5.41, 5.74) is 0.862. The number of hydrogen-bond acceptors (Lipinski definition) is 2. The minimum atomic E-state index is -0.444. The van der Waals surface area contributed by atoms with E-state index in [0.717, 1.165) is 18.4 Å². The molecule has 0 saturated heterocycles. The summed E-state index contributed by atoms with van der Waals surface area (Å²) in [4.78, 5) is 0. The molecule has 1 N–H and O–H groups in total. The Kier molecular flexibility index (Phi) is 4.52. The Bertz CT molecular complexity index is 405. The van der Waals surface area contributed by atoms with Crippen LogP contribution in [0, 0.1) is 11.8 Å². The number of benzene rings is 1. The lowest BCUT2D eigenvalue weighted by molar-refractivity contribution is 0.0693. The van der Waals surface area contributed by atoms with E-state index in [9.17, 15) is 5.11 Å². The van der Waals surface area contributed by atoms with Gasteiger partial charge in [-0.25, -0.2) is 0 Å². The minimum absolute atomic E-state index is 0.337. The van der Waals surface area contributed by atoms with Crippen LogP contribution >= 0.6 is 11.6 Å². The summed E-state index contributed by atoms with van der Waals surface area (Å²) >= 11 is 5.95. The first kappa shape index (κ1) is 13.7. The average molecular weight is 269 g/mol. The molecule has 2 nitrogen and oxygen atoms in total. The summed E-state index contributed by atoms with van der Waals surface area (Å²) in [5.74, 6) is 1.73. The molecule has 0 amide bonds. The van der Waals surface area contributed by atoms with Gasteiger partial charge in [0.1, 0.15) is 5.75 Å². The quantitative estimate of drug-likeness (QED) is 0.890. The van der Waals surface area contributed by atoms with E-state index in [2.05, 4.69) is 6.92 Å². The molecular formula is C15H21ClO2. The molecule has 0 radical (unpaired) electrons. The topological polar surface area (TPSA) is 29.5 Å². The molecule has 1 fully saturated rings. The Labute approximate surface area is 114 Å². The molecule has 18 heavy (non-hydrogen) atoms. The minimum Gasteiger partial charge on any atom is -0.496 e. The van der Waals surface area contributed by atoms with Gasteiger partial charge in [-0.1, -0.05) is 37.4 Å². The smallest absolute Gasteiger partial charge is 0.126 e. The molecule has 2 rings (SSSR count). The van der Waals surface area contributed by atoms with Crippen LogP contribution in [0.4, 0.5) is 0 Å². The third-order valence-electron chi connectivity index (χ3n) is 3.94. The third kappa shape index (κ3) is 2.99. The number of rotatable bonds is 3. The number of hydrogen-bond donors (Lipinski definition) is 1. The van der Waals surface area contributed by atoms with Gasteiger partial charge in [0.2, 0.25) is 0 Å². The molecule has 1 aromatic carbocycles. The maximum Gasteiger partial charge on any atom is 0.126 e. The van der Waals surface area contributed by atoms with E-state index >= 15 is 0 Å². The van der Waals surface area contributed by atoms with Crippen molar-refractivity contribution in [2.75, 3.05) is 7.11 Å². The molecule has 1 aliphatic rings. The van der Waals surface area contributed by atoms with Crippen LogP contribution in [-0.2, 0) is 0 Å². The van der Waals surface area contributed by atoms with E-state index in [1.807, 2.05) is 12.1 Å². The van der Waals surface area contributed by atoms with E-state index in [4.69, 9.17) is 16.3 Å². The van der Waals surface area contributed by atoms with Crippen molar-refractivity contribution in [1.29, 1.82) is 0 Å². The normalized spacial score (nSPS) is 25.8. The first-order valence-corrected chi connectivity index (χ1v) is 7.01. The lowest BCUT2D eigenvalue weighted by Crippen LogP contribution is -2.20. The fourth-order valence-electron chi connectivity index (χ4n) is 2.95. The van der Waals surface area contributed by atoms with Gasteiger partial charge in [0.25, 0.3) is 0 Å². The van der Waals surface area contributed by atoms with E-state index in [1.165, 1.54) is 12.8 Å². The van der Waals surface area contributed by atoms with Gasteiger partial charge in [-0.15, -0.1) is 0 Å². The van der Waals surface area contributed by atoms with Crippen LogP contribution in [0.2, 0.25) is 5.02 Å². The molecule has 0 aromatic heterocycles. The van der Waals surface area contributed by atoms with Crippen LogP contribution in [0.3, 0.4) is 0 Å². The Balaban J connectivity index is 2.19. The van der Waals surface area contributed by atoms with Crippen molar-refractivity contribution in [3.05, 3.63) is 28.8 Å². The van der Waals surface area contributed by atoms with E-state index in [0.29, 0.717) is 22.6 Å². The Morgan fingerprint density at radius 1 is 1.39 bits per heavy atom. The monoisotopic (exact) mass is 268 g/mol. The van der Waals surface area contributed by atoms with Crippen molar-refractivity contribution >= 4 is 11.6 Å². The molecule has 3 atom stereocenters. The summed E-state index contributed by atoms with van der Waals surface area (Å²) in [6, 6.07) is 5.46. The number of aliphatic hydroxyl groups excluding tert-OH is 1. The van der Waals surface area contributed by atoms with Crippen molar-refractivity contribution in [3.63, 3.8) is 0 Å². The molecule has 3 heteroatoms. The van der Waals surface area contributed by atoms with Crippen molar-refractivity contribution in [1.82, 2.24) is 0 Å². The van der Waals surface area contributed by atoms with Gasteiger partial charge in [-0.3, -0.25) is 0 Å². The first-order valence-electron chi connectivity index (χ1n) is 6.63. The molecule has 100 valence electrons. The second kappa shape index (κ2) is 5.94. The van der Waals surface area contributed by atoms with Crippen LogP contribution in [0.15, 0.2) is 18.2 Å². The van der Waals surface area contributed by atoms with Crippen LogP contribution in [0.5, 0.6) is 5.75 Å². The predicted octanol–water partition coefficient (Wildman–Crippen LogP) is 4.21. The van der Waals surface area contributed by atoms with Gasteiger partial charge < -0.3 is 9.84 Å². The fraction of sp³-hybridized carbons (Fsp3) is 0.600. The zero-order valence-corrected chi connectivity index (χ0v) is 11.8. The van der Waals surface area contributed by atoms with Crippen LogP contribution in [0.1, 0.15) is 44.3 Å². The molecule has 1 saturated carbocycles. The largest absolute Gasteiger partial charge is 0.496 e. The standard InChI is InChI=1S/C15H21ClO2/c1-10-4-3-5-11(8-10)15(17)13-7-6-12(16)9-14(13)18-2/h6-7,9-11,15,17H,3-5,8H2,1-2H3. The molecule has 3 unspecified atom stereocenters. The highest BCUT2D eigenvalue weighted by Gasteiger charge is 2.28. The lowest BCUT2D eigenvalue weighted by atomic mass is 9.78. The zero-order valence-electron chi connectivity index (χ0n) is 11.0. The van der Waals surface area contributed by atoms with Crippen LogP contribution < -0.4 is 4.74 Å². The Morgan fingerprint density at radius 3 is 2.83 bits per heavy atom. The van der Waals surface area contributed by atoms with Crippen LogP contribution in [0.25, 0.3) is 0 Å². The van der Waals surface area contributed by atoms with Gasteiger partial charge >= 0.3 is 0 Å². The summed E-state index contributed by atoms with van der Waals surface area (Å²) < 4.78 is 5.32. The zero-order chi connectivity index (χ0) is 13.1. The Hall–Kier alpha value is -0.730. The van der Waals surface area contributed by atoms with E-state index in [-0.39, 0.29) is 0 Å². The number of ether oxygens (including phenoxy) is 1. The molecule has 0 aliphatic heterocycles. The lowest BCUT2D eigenvalue weighted by Gasteiger charge is -2.31. The first-order chi connectivity index (χ1) is 8.61. The molecule has 0 heterocycles.